The molecule has 2 aromatic rings. The van der Waals surface area contributed by atoms with Crippen LogP contribution >= 0.6 is 0 Å². The predicted molar refractivity (Wildman–Crippen MR) is 85.5 cm³/mol. The van der Waals surface area contributed by atoms with Crippen molar-refractivity contribution in [2.45, 2.75) is 13.3 Å². The zero-order valence-corrected chi connectivity index (χ0v) is 12.3. The summed E-state index contributed by atoms with van der Waals surface area (Å²) in [6, 6.07) is 5.93. The van der Waals surface area contributed by atoms with E-state index in [0.717, 1.165) is 23.1 Å². The number of aromatic amines is 1. The van der Waals surface area contributed by atoms with Gasteiger partial charge in [0, 0.05) is 29.7 Å². The minimum absolute atomic E-state index is 0.0782. The van der Waals surface area contributed by atoms with Gasteiger partial charge < -0.3 is 15.0 Å². The van der Waals surface area contributed by atoms with Gasteiger partial charge in [-0.05, 0) is 37.1 Å². The van der Waals surface area contributed by atoms with E-state index in [1.807, 2.05) is 43.5 Å². The fourth-order valence-corrected chi connectivity index (χ4v) is 2.12. The molecule has 0 saturated carbocycles. The molecular formula is C17H20N2O2. The van der Waals surface area contributed by atoms with Crippen molar-refractivity contribution in [1.29, 1.82) is 0 Å². The van der Waals surface area contributed by atoms with Gasteiger partial charge in [-0.2, -0.15) is 0 Å². The summed E-state index contributed by atoms with van der Waals surface area (Å²) >= 11 is 0. The molecule has 21 heavy (non-hydrogen) atoms. The van der Waals surface area contributed by atoms with Gasteiger partial charge in [-0.15, -0.1) is 0 Å². The van der Waals surface area contributed by atoms with Crippen LogP contribution in [0.5, 0.6) is 5.75 Å². The van der Waals surface area contributed by atoms with Gasteiger partial charge in [0.2, 0.25) is 5.91 Å². The zero-order chi connectivity index (χ0) is 15.1. The first-order valence-electron chi connectivity index (χ1n) is 6.96. The van der Waals surface area contributed by atoms with E-state index in [1.165, 1.54) is 11.6 Å². The number of hydrogen-bond donors (Lipinski definition) is 2. The van der Waals surface area contributed by atoms with E-state index >= 15 is 0 Å². The van der Waals surface area contributed by atoms with Crippen LogP contribution < -0.4 is 10.1 Å². The van der Waals surface area contributed by atoms with E-state index < -0.39 is 0 Å². The summed E-state index contributed by atoms with van der Waals surface area (Å²) in [6.45, 7) is 2.51. The highest BCUT2D eigenvalue weighted by molar-refractivity contribution is 5.88. The van der Waals surface area contributed by atoms with Crippen molar-refractivity contribution in [3.63, 3.8) is 0 Å². The maximum Gasteiger partial charge on any atom is 0.243 e. The Morgan fingerprint density at radius 3 is 3.00 bits per heavy atom. The van der Waals surface area contributed by atoms with Crippen molar-refractivity contribution in [2.24, 2.45) is 0 Å². The van der Waals surface area contributed by atoms with Crippen molar-refractivity contribution >= 4 is 16.8 Å². The Morgan fingerprint density at radius 2 is 2.24 bits per heavy atom. The van der Waals surface area contributed by atoms with Crippen molar-refractivity contribution < 1.29 is 9.53 Å². The lowest BCUT2D eigenvalue weighted by Gasteiger charge is -2.03. The number of ether oxygens (including phenoxy) is 1. The molecule has 2 N–H and O–H groups in total. The van der Waals surface area contributed by atoms with Gasteiger partial charge in [-0.3, -0.25) is 4.79 Å². The number of carbonyl (C=O) groups excluding carboxylic acids is 1. The Bertz CT molecular complexity index is 668. The Morgan fingerprint density at radius 1 is 1.38 bits per heavy atom. The first kappa shape index (κ1) is 14.9. The second-order valence-corrected chi connectivity index (χ2v) is 4.65. The smallest absolute Gasteiger partial charge is 0.243 e. The fraction of sp³-hybridized carbons (Fsp3) is 0.235. The molecule has 1 amide bonds. The van der Waals surface area contributed by atoms with Gasteiger partial charge in [-0.1, -0.05) is 18.2 Å². The quantitative estimate of drug-likeness (QED) is 0.633. The number of fused-ring (bicyclic) bond motifs is 1. The van der Waals surface area contributed by atoms with Crippen LogP contribution in [0.15, 0.2) is 48.7 Å². The van der Waals surface area contributed by atoms with Crippen molar-refractivity contribution in [1.82, 2.24) is 10.3 Å². The molecule has 0 saturated heterocycles. The summed E-state index contributed by atoms with van der Waals surface area (Å²) in [5.41, 5.74) is 2.24. The van der Waals surface area contributed by atoms with Gasteiger partial charge >= 0.3 is 0 Å². The maximum absolute atomic E-state index is 11.6. The van der Waals surface area contributed by atoms with Crippen LogP contribution in [0.1, 0.15) is 12.5 Å². The maximum atomic E-state index is 11.6. The number of rotatable bonds is 6. The first-order valence-corrected chi connectivity index (χ1v) is 6.96. The Hall–Kier alpha value is -2.49. The van der Waals surface area contributed by atoms with Gasteiger partial charge in [0.25, 0.3) is 0 Å². The van der Waals surface area contributed by atoms with Crippen LogP contribution in [0.3, 0.4) is 0 Å². The number of amides is 1. The van der Waals surface area contributed by atoms with Crippen LogP contribution in [0.4, 0.5) is 0 Å². The molecular weight excluding hydrogens is 264 g/mol. The lowest BCUT2D eigenvalue weighted by molar-refractivity contribution is -0.116. The largest absolute Gasteiger partial charge is 0.497 e. The molecule has 1 aromatic carbocycles. The first-order chi connectivity index (χ1) is 10.2. The van der Waals surface area contributed by atoms with Crippen LogP contribution in [-0.2, 0) is 11.2 Å². The molecule has 1 aromatic heterocycles. The van der Waals surface area contributed by atoms with Crippen molar-refractivity contribution in [3.05, 3.63) is 54.3 Å². The molecule has 0 radical (unpaired) electrons. The average molecular weight is 284 g/mol. The number of nitrogens with one attached hydrogen (secondary N) is 2. The number of H-pyrrole nitrogens is 1. The van der Waals surface area contributed by atoms with E-state index in [0.29, 0.717) is 6.54 Å². The van der Waals surface area contributed by atoms with Crippen LogP contribution in [0.2, 0.25) is 0 Å². The minimum atomic E-state index is -0.0782. The number of allylic oxidation sites excluding steroid dienone is 3. The van der Waals surface area contributed by atoms with E-state index in [2.05, 4.69) is 10.3 Å². The summed E-state index contributed by atoms with van der Waals surface area (Å²) < 4.78 is 5.25. The van der Waals surface area contributed by atoms with Crippen LogP contribution in [0, 0.1) is 0 Å². The number of methoxy groups -OCH3 is 1. The van der Waals surface area contributed by atoms with Gasteiger partial charge in [-0.25, -0.2) is 0 Å². The normalized spacial score (nSPS) is 11.5. The van der Waals surface area contributed by atoms with E-state index in [9.17, 15) is 4.79 Å². The fourth-order valence-electron chi connectivity index (χ4n) is 2.12. The molecule has 110 valence electrons. The second kappa shape index (κ2) is 7.33. The molecule has 0 fully saturated rings. The third-order valence-electron chi connectivity index (χ3n) is 3.22. The van der Waals surface area contributed by atoms with E-state index in [4.69, 9.17) is 4.74 Å². The van der Waals surface area contributed by atoms with Gasteiger partial charge in [0.15, 0.2) is 0 Å². The molecule has 0 aliphatic carbocycles. The Kier molecular flexibility index (Phi) is 5.21. The highest BCUT2D eigenvalue weighted by Gasteiger charge is 2.05. The van der Waals surface area contributed by atoms with Crippen molar-refractivity contribution in [3.8, 4) is 5.75 Å². The van der Waals surface area contributed by atoms with Crippen LogP contribution in [0.25, 0.3) is 10.9 Å². The lowest BCUT2D eigenvalue weighted by atomic mass is 10.1. The highest BCUT2D eigenvalue weighted by atomic mass is 16.5. The molecule has 4 nitrogen and oxygen atoms in total. The van der Waals surface area contributed by atoms with Gasteiger partial charge in [0.1, 0.15) is 5.75 Å². The van der Waals surface area contributed by atoms with E-state index in [1.54, 1.807) is 13.2 Å². The number of benzene rings is 1. The number of carbonyl (C=O) groups is 1. The minimum Gasteiger partial charge on any atom is -0.497 e. The summed E-state index contributed by atoms with van der Waals surface area (Å²) in [5.74, 6) is 0.757. The molecule has 1 heterocycles. The molecule has 0 spiro atoms. The second-order valence-electron chi connectivity index (χ2n) is 4.65. The molecule has 2 rings (SSSR count). The summed E-state index contributed by atoms with van der Waals surface area (Å²) in [7, 11) is 1.66. The Labute approximate surface area is 124 Å². The molecule has 0 atom stereocenters. The molecule has 0 bridgehead atoms. The summed E-state index contributed by atoms with van der Waals surface area (Å²) in [4.78, 5) is 14.8. The molecule has 0 aliphatic rings. The van der Waals surface area contributed by atoms with Crippen molar-refractivity contribution in [2.75, 3.05) is 13.7 Å². The lowest BCUT2D eigenvalue weighted by Crippen LogP contribution is -2.23. The van der Waals surface area contributed by atoms with Crippen LogP contribution in [-0.4, -0.2) is 24.5 Å². The predicted octanol–water partition coefficient (Wildman–Crippen LogP) is 2.97. The zero-order valence-electron chi connectivity index (χ0n) is 12.3. The molecule has 0 aliphatic heterocycles. The SMILES string of the molecule is CC=CC=CC(=O)NCCc1c[nH]c2ccc(OC)cc12. The topological polar surface area (TPSA) is 54.1 Å². The van der Waals surface area contributed by atoms with Gasteiger partial charge in [0.05, 0.1) is 7.11 Å². The van der Waals surface area contributed by atoms with E-state index in [-0.39, 0.29) is 5.91 Å². The highest BCUT2D eigenvalue weighted by Crippen LogP contribution is 2.23. The monoisotopic (exact) mass is 284 g/mol. The summed E-state index contributed by atoms with van der Waals surface area (Å²) in [6.07, 6.45) is 9.71. The average Bonchev–Trinajstić information content (AvgIpc) is 2.90. The standard InChI is InChI=1S/C17H20N2O2/c1-3-4-5-6-17(20)18-10-9-13-12-19-16-8-7-14(21-2)11-15(13)16/h3-8,11-12,19H,9-10H2,1-2H3,(H,18,20). The number of aromatic nitrogens is 1. The number of hydrogen-bond acceptors (Lipinski definition) is 2. The summed E-state index contributed by atoms with van der Waals surface area (Å²) in [5, 5.41) is 4.00. The third kappa shape index (κ3) is 3.99. The Balaban J connectivity index is 1.96. The third-order valence-corrected chi connectivity index (χ3v) is 3.22. The molecule has 0 unspecified atom stereocenters. The molecule has 4 heteroatoms.